The van der Waals surface area contributed by atoms with Crippen LogP contribution in [0, 0.1) is 0 Å². The number of fused-ring (bicyclic) bond motifs is 1. The maximum Gasteiger partial charge on any atom is 0.251 e. The molecule has 0 aliphatic carbocycles. The first kappa shape index (κ1) is 22.2. The number of amides is 1. The van der Waals surface area contributed by atoms with E-state index in [1.54, 1.807) is 44.8 Å². The van der Waals surface area contributed by atoms with Crippen LogP contribution < -0.4 is 24.4 Å². The van der Waals surface area contributed by atoms with Crippen molar-refractivity contribution in [2.24, 2.45) is 0 Å². The molecule has 9 heteroatoms. The Kier molecular flexibility index (Phi) is 6.96. The number of aromatic nitrogens is 1. The van der Waals surface area contributed by atoms with E-state index in [1.807, 2.05) is 24.3 Å². The van der Waals surface area contributed by atoms with Crippen LogP contribution in [-0.2, 0) is 0 Å². The first-order valence-electron chi connectivity index (χ1n) is 10.5. The van der Waals surface area contributed by atoms with E-state index in [1.165, 1.54) is 0 Å². The summed E-state index contributed by atoms with van der Waals surface area (Å²) >= 11 is 1.63. The number of rotatable bonds is 8. The highest BCUT2D eigenvalue weighted by Crippen LogP contribution is 2.40. The van der Waals surface area contributed by atoms with Gasteiger partial charge in [-0.2, -0.15) is 0 Å². The molecule has 1 amide bonds. The second kappa shape index (κ2) is 10.1. The molecule has 1 aliphatic heterocycles. The van der Waals surface area contributed by atoms with Crippen LogP contribution in [0.3, 0.4) is 0 Å². The van der Waals surface area contributed by atoms with E-state index in [-0.39, 0.29) is 5.91 Å². The molecule has 2 heterocycles. The van der Waals surface area contributed by atoms with Crippen LogP contribution in [-0.4, -0.2) is 76.4 Å². The number of anilines is 1. The van der Waals surface area contributed by atoms with E-state index < -0.39 is 0 Å². The molecular weight excluding hydrogens is 428 g/mol. The lowest BCUT2D eigenvalue weighted by atomic mass is 10.2. The number of hydrogen-bond donors (Lipinski definition) is 1. The fourth-order valence-electron chi connectivity index (χ4n) is 3.77. The summed E-state index contributed by atoms with van der Waals surface area (Å²) in [6.07, 6.45) is 0. The molecule has 1 fully saturated rings. The highest BCUT2D eigenvalue weighted by Gasteiger charge is 2.22. The van der Waals surface area contributed by atoms with Crippen LogP contribution in [0.4, 0.5) is 5.13 Å². The molecule has 2 aromatic carbocycles. The third kappa shape index (κ3) is 4.73. The van der Waals surface area contributed by atoms with Crippen LogP contribution >= 0.6 is 11.3 Å². The molecule has 4 rings (SSSR count). The number of benzene rings is 2. The number of carbonyl (C=O) groups is 1. The summed E-state index contributed by atoms with van der Waals surface area (Å²) in [7, 11) is 4.93. The summed E-state index contributed by atoms with van der Waals surface area (Å²) in [5.74, 6) is 2.17. The molecule has 0 unspecified atom stereocenters. The van der Waals surface area contributed by atoms with Crippen molar-refractivity contribution in [2.45, 2.75) is 0 Å². The number of piperazine rings is 1. The lowest BCUT2D eigenvalue weighted by Gasteiger charge is -2.34. The number of hydrogen-bond acceptors (Lipinski definition) is 8. The van der Waals surface area contributed by atoms with Crippen LogP contribution in [0.1, 0.15) is 10.4 Å². The SMILES string of the molecule is COc1cccc(C(=O)NCCN2CCN(c3nc4c(OC)ccc(OC)c4s3)CC2)c1. The number of thiazole rings is 1. The fraction of sp³-hybridized carbons (Fsp3) is 0.391. The predicted molar refractivity (Wildman–Crippen MR) is 127 cm³/mol. The third-order valence-corrected chi connectivity index (χ3v) is 6.72. The minimum Gasteiger partial charge on any atom is -0.497 e. The molecule has 1 saturated heterocycles. The second-order valence-electron chi connectivity index (χ2n) is 7.46. The quantitative estimate of drug-likeness (QED) is 0.559. The highest BCUT2D eigenvalue weighted by molar-refractivity contribution is 7.22. The van der Waals surface area contributed by atoms with Crippen LogP contribution in [0.25, 0.3) is 10.2 Å². The zero-order valence-corrected chi connectivity index (χ0v) is 19.4. The molecule has 1 aromatic heterocycles. The average molecular weight is 457 g/mol. The molecule has 0 radical (unpaired) electrons. The van der Waals surface area contributed by atoms with Gasteiger partial charge >= 0.3 is 0 Å². The summed E-state index contributed by atoms with van der Waals surface area (Å²) < 4.78 is 17.2. The zero-order chi connectivity index (χ0) is 22.5. The molecule has 170 valence electrons. The van der Waals surface area contributed by atoms with Gasteiger partial charge in [-0.25, -0.2) is 4.98 Å². The lowest BCUT2D eigenvalue weighted by molar-refractivity contribution is 0.0947. The molecule has 32 heavy (non-hydrogen) atoms. The predicted octanol–water partition coefficient (Wildman–Crippen LogP) is 2.87. The van der Waals surface area contributed by atoms with Crippen molar-refractivity contribution in [3.63, 3.8) is 0 Å². The van der Waals surface area contributed by atoms with Crippen molar-refractivity contribution in [1.82, 2.24) is 15.2 Å². The number of methoxy groups -OCH3 is 3. The first-order chi connectivity index (χ1) is 15.6. The maximum absolute atomic E-state index is 12.4. The van der Waals surface area contributed by atoms with Gasteiger partial charge in [-0.05, 0) is 30.3 Å². The maximum atomic E-state index is 12.4. The Morgan fingerprint density at radius 3 is 2.50 bits per heavy atom. The third-order valence-electron chi connectivity index (χ3n) is 5.59. The Hall–Kier alpha value is -3.04. The van der Waals surface area contributed by atoms with E-state index in [0.29, 0.717) is 17.9 Å². The molecule has 8 nitrogen and oxygen atoms in total. The van der Waals surface area contributed by atoms with Gasteiger partial charge in [-0.1, -0.05) is 17.4 Å². The fourth-order valence-corrected chi connectivity index (χ4v) is 4.89. The summed E-state index contributed by atoms with van der Waals surface area (Å²) in [5.41, 5.74) is 1.45. The summed E-state index contributed by atoms with van der Waals surface area (Å²) in [6.45, 7) is 5.01. The van der Waals surface area contributed by atoms with Crippen LogP contribution in [0.5, 0.6) is 17.2 Å². The van der Waals surface area contributed by atoms with Gasteiger partial charge in [0.25, 0.3) is 5.91 Å². The number of ether oxygens (including phenoxy) is 3. The van der Waals surface area contributed by atoms with Crippen molar-refractivity contribution in [1.29, 1.82) is 0 Å². The van der Waals surface area contributed by atoms with E-state index in [0.717, 1.165) is 59.6 Å². The van der Waals surface area contributed by atoms with E-state index in [4.69, 9.17) is 19.2 Å². The van der Waals surface area contributed by atoms with Gasteiger partial charge in [0.1, 0.15) is 27.5 Å². The molecule has 0 spiro atoms. The highest BCUT2D eigenvalue weighted by atomic mass is 32.1. The Bertz CT molecular complexity index is 1040. The summed E-state index contributed by atoms with van der Waals surface area (Å²) in [4.78, 5) is 21.8. The Morgan fingerprint density at radius 1 is 1.03 bits per heavy atom. The topological polar surface area (TPSA) is 76.2 Å². The minimum atomic E-state index is -0.0834. The number of nitrogens with zero attached hydrogens (tertiary/aromatic N) is 3. The number of nitrogens with one attached hydrogen (secondary N) is 1. The summed E-state index contributed by atoms with van der Waals surface area (Å²) in [5, 5.41) is 3.98. The molecule has 1 N–H and O–H groups in total. The monoisotopic (exact) mass is 456 g/mol. The van der Waals surface area contributed by atoms with Gasteiger partial charge < -0.3 is 24.4 Å². The van der Waals surface area contributed by atoms with Gasteiger partial charge in [0.15, 0.2) is 5.13 Å². The molecule has 3 aromatic rings. The van der Waals surface area contributed by atoms with Crippen LogP contribution in [0.2, 0.25) is 0 Å². The van der Waals surface area contributed by atoms with Crippen molar-refractivity contribution >= 4 is 32.6 Å². The second-order valence-corrected chi connectivity index (χ2v) is 8.44. The van der Waals surface area contributed by atoms with Crippen molar-refractivity contribution in [3.05, 3.63) is 42.0 Å². The molecular formula is C23H28N4O4S. The van der Waals surface area contributed by atoms with Crippen molar-refractivity contribution < 1.29 is 19.0 Å². The van der Waals surface area contributed by atoms with Crippen molar-refractivity contribution in [2.75, 3.05) is 65.5 Å². The number of carbonyl (C=O) groups excluding carboxylic acids is 1. The van der Waals surface area contributed by atoms with E-state index >= 15 is 0 Å². The summed E-state index contributed by atoms with van der Waals surface area (Å²) in [6, 6.07) is 11.0. The first-order valence-corrected chi connectivity index (χ1v) is 11.4. The average Bonchev–Trinajstić information content (AvgIpc) is 3.29. The van der Waals surface area contributed by atoms with Crippen LogP contribution in [0.15, 0.2) is 36.4 Å². The Morgan fingerprint density at radius 2 is 1.78 bits per heavy atom. The molecule has 0 atom stereocenters. The normalized spacial score (nSPS) is 14.4. The molecule has 1 aliphatic rings. The van der Waals surface area contributed by atoms with Gasteiger partial charge in [0.05, 0.1) is 21.3 Å². The van der Waals surface area contributed by atoms with Crippen molar-refractivity contribution in [3.8, 4) is 17.2 Å². The standard InChI is InChI=1S/C23H28N4O4S/c1-29-17-6-4-5-16(15-17)22(28)24-9-10-26-11-13-27(14-12-26)23-25-20-18(30-2)7-8-19(31-3)21(20)32-23/h4-8,15H,9-14H2,1-3H3,(H,24,28). The zero-order valence-electron chi connectivity index (χ0n) is 18.6. The molecule has 0 saturated carbocycles. The van der Waals surface area contributed by atoms with Gasteiger partial charge in [-0.15, -0.1) is 0 Å². The largest absolute Gasteiger partial charge is 0.497 e. The smallest absolute Gasteiger partial charge is 0.251 e. The minimum absolute atomic E-state index is 0.0834. The Labute approximate surface area is 191 Å². The lowest BCUT2D eigenvalue weighted by Crippen LogP contribution is -2.48. The Balaban J connectivity index is 1.30. The van der Waals surface area contributed by atoms with E-state index in [9.17, 15) is 4.79 Å². The van der Waals surface area contributed by atoms with Gasteiger partial charge in [0, 0.05) is 44.8 Å². The molecule has 0 bridgehead atoms. The van der Waals surface area contributed by atoms with E-state index in [2.05, 4.69) is 15.1 Å². The van der Waals surface area contributed by atoms with Gasteiger partial charge in [0.2, 0.25) is 0 Å². The van der Waals surface area contributed by atoms with Gasteiger partial charge in [-0.3, -0.25) is 9.69 Å².